The number of ether oxygens (including phenoxy) is 2. The van der Waals surface area contributed by atoms with Gasteiger partial charge in [0, 0.05) is 24.7 Å². The Hall–Kier alpha value is -2.99. The van der Waals surface area contributed by atoms with Crippen LogP contribution < -0.4 is 9.47 Å². The fourth-order valence-electron chi connectivity index (χ4n) is 2.64. The van der Waals surface area contributed by atoms with Crippen LogP contribution in [0, 0.1) is 0 Å². The van der Waals surface area contributed by atoms with Crippen molar-refractivity contribution in [3.8, 4) is 22.8 Å². The van der Waals surface area contributed by atoms with Crippen molar-refractivity contribution in [3.05, 3.63) is 64.8 Å². The number of hydrogen-bond donors (Lipinski definition) is 0. The first-order valence-electron chi connectivity index (χ1n) is 8.21. The standard InChI is InChI=1S/C20H19ClN2O4/c1-23(12-13-4-6-14(21)7-5-13)20(24)17-11-19(27-22-17)16-10-15(25-2)8-9-18(16)26-3/h4-11H,12H2,1-3H3. The number of carbonyl (C=O) groups is 1. The van der Waals surface area contributed by atoms with Crippen molar-refractivity contribution in [2.75, 3.05) is 21.3 Å². The average molecular weight is 387 g/mol. The molecule has 2 aromatic carbocycles. The monoisotopic (exact) mass is 386 g/mol. The number of carbonyl (C=O) groups excluding carboxylic acids is 1. The van der Waals surface area contributed by atoms with Crippen molar-refractivity contribution in [2.45, 2.75) is 6.54 Å². The Balaban J connectivity index is 1.80. The Morgan fingerprint density at radius 2 is 1.85 bits per heavy atom. The van der Waals surface area contributed by atoms with E-state index < -0.39 is 0 Å². The van der Waals surface area contributed by atoms with Crippen molar-refractivity contribution in [1.82, 2.24) is 10.1 Å². The number of rotatable bonds is 6. The van der Waals surface area contributed by atoms with Gasteiger partial charge in [0.1, 0.15) is 11.5 Å². The molecule has 0 bridgehead atoms. The first-order valence-corrected chi connectivity index (χ1v) is 8.58. The van der Waals surface area contributed by atoms with Crippen molar-refractivity contribution in [2.24, 2.45) is 0 Å². The van der Waals surface area contributed by atoms with E-state index in [0.717, 1.165) is 5.56 Å². The lowest BCUT2D eigenvalue weighted by atomic mass is 10.1. The second kappa shape index (κ2) is 8.14. The minimum absolute atomic E-state index is 0.214. The first kappa shape index (κ1) is 18.8. The molecule has 6 nitrogen and oxygen atoms in total. The molecule has 3 rings (SSSR count). The number of methoxy groups -OCH3 is 2. The van der Waals surface area contributed by atoms with Crippen molar-refractivity contribution in [1.29, 1.82) is 0 Å². The Kier molecular flexibility index (Phi) is 5.66. The van der Waals surface area contributed by atoms with Crippen molar-refractivity contribution < 1.29 is 18.8 Å². The molecule has 7 heteroatoms. The quantitative estimate of drug-likeness (QED) is 0.632. The topological polar surface area (TPSA) is 64.8 Å². The van der Waals surface area contributed by atoms with E-state index in [1.54, 1.807) is 62.6 Å². The van der Waals surface area contributed by atoms with Crippen LogP contribution >= 0.6 is 11.6 Å². The number of amides is 1. The van der Waals surface area contributed by atoms with Crippen LogP contribution in [0.1, 0.15) is 16.1 Å². The van der Waals surface area contributed by atoms with Crippen LogP contribution in [0.2, 0.25) is 5.02 Å². The molecule has 3 aromatic rings. The minimum atomic E-state index is -0.248. The summed E-state index contributed by atoms with van der Waals surface area (Å²) in [4.78, 5) is 14.2. The Morgan fingerprint density at radius 3 is 2.52 bits per heavy atom. The Bertz CT molecular complexity index is 937. The van der Waals surface area contributed by atoms with E-state index in [2.05, 4.69) is 5.16 Å². The van der Waals surface area contributed by atoms with Gasteiger partial charge in [0.05, 0.1) is 19.8 Å². The fraction of sp³-hybridized carbons (Fsp3) is 0.200. The summed E-state index contributed by atoms with van der Waals surface area (Å²) in [6.07, 6.45) is 0. The molecule has 140 valence electrons. The summed E-state index contributed by atoms with van der Waals surface area (Å²) in [6.45, 7) is 0.431. The third-order valence-electron chi connectivity index (χ3n) is 4.08. The molecule has 0 aliphatic heterocycles. The lowest BCUT2D eigenvalue weighted by Gasteiger charge is -2.15. The second-order valence-electron chi connectivity index (χ2n) is 5.93. The third-order valence-corrected chi connectivity index (χ3v) is 4.33. The molecule has 27 heavy (non-hydrogen) atoms. The zero-order valence-corrected chi connectivity index (χ0v) is 16.0. The summed E-state index contributed by atoms with van der Waals surface area (Å²) in [5.41, 5.74) is 1.84. The van der Waals surface area contributed by atoms with Gasteiger partial charge in [-0.2, -0.15) is 0 Å². The molecule has 0 aliphatic carbocycles. The summed E-state index contributed by atoms with van der Waals surface area (Å²) in [7, 11) is 4.84. The average Bonchev–Trinajstić information content (AvgIpc) is 3.18. The molecule has 0 radical (unpaired) electrons. The van der Waals surface area contributed by atoms with Crippen LogP contribution in [0.15, 0.2) is 53.1 Å². The van der Waals surface area contributed by atoms with E-state index in [0.29, 0.717) is 34.4 Å². The maximum Gasteiger partial charge on any atom is 0.276 e. The van der Waals surface area contributed by atoms with Crippen LogP contribution in [0.4, 0.5) is 0 Å². The third kappa shape index (κ3) is 4.23. The summed E-state index contributed by atoms with van der Waals surface area (Å²) < 4.78 is 16.0. The lowest BCUT2D eigenvalue weighted by Crippen LogP contribution is -2.26. The molecule has 0 aliphatic rings. The molecule has 1 heterocycles. The summed E-state index contributed by atoms with van der Waals surface area (Å²) in [5, 5.41) is 4.57. The maximum absolute atomic E-state index is 12.7. The lowest BCUT2D eigenvalue weighted by molar-refractivity contribution is 0.0775. The van der Waals surface area contributed by atoms with E-state index >= 15 is 0 Å². The molecule has 0 saturated heterocycles. The molecule has 0 saturated carbocycles. The van der Waals surface area contributed by atoms with Gasteiger partial charge in [-0.1, -0.05) is 28.9 Å². The Labute approximate surface area is 162 Å². The molecule has 0 N–H and O–H groups in total. The van der Waals surface area contributed by atoms with Gasteiger partial charge >= 0.3 is 0 Å². The molecular formula is C20H19ClN2O4. The van der Waals surface area contributed by atoms with E-state index in [1.807, 2.05) is 12.1 Å². The smallest absolute Gasteiger partial charge is 0.276 e. The summed E-state index contributed by atoms with van der Waals surface area (Å²) in [6, 6.07) is 14.2. The number of hydrogen-bond acceptors (Lipinski definition) is 5. The normalized spacial score (nSPS) is 10.5. The highest BCUT2D eigenvalue weighted by Crippen LogP contribution is 2.33. The molecule has 0 unspecified atom stereocenters. The van der Waals surface area contributed by atoms with Gasteiger partial charge in [-0.05, 0) is 35.9 Å². The van der Waals surface area contributed by atoms with Gasteiger partial charge in [-0.15, -0.1) is 0 Å². The zero-order chi connectivity index (χ0) is 19.4. The van der Waals surface area contributed by atoms with Gasteiger partial charge in [0.25, 0.3) is 5.91 Å². The number of halogens is 1. The van der Waals surface area contributed by atoms with Gasteiger partial charge in [0.15, 0.2) is 11.5 Å². The Morgan fingerprint density at radius 1 is 1.11 bits per heavy atom. The second-order valence-corrected chi connectivity index (χ2v) is 6.37. The maximum atomic E-state index is 12.7. The largest absolute Gasteiger partial charge is 0.497 e. The van der Waals surface area contributed by atoms with Crippen LogP contribution in [0.5, 0.6) is 11.5 Å². The number of nitrogens with zero attached hydrogens (tertiary/aromatic N) is 2. The highest BCUT2D eigenvalue weighted by molar-refractivity contribution is 6.30. The predicted molar refractivity (Wildman–Crippen MR) is 102 cm³/mol. The van der Waals surface area contributed by atoms with Crippen LogP contribution in [-0.4, -0.2) is 37.2 Å². The highest BCUT2D eigenvalue weighted by Gasteiger charge is 2.20. The number of benzene rings is 2. The van der Waals surface area contributed by atoms with E-state index in [9.17, 15) is 4.79 Å². The van der Waals surface area contributed by atoms with E-state index in [4.69, 9.17) is 25.6 Å². The highest BCUT2D eigenvalue weighted by atomic mass is 35.5. The molecule has 0 atom stereocenters. The molecule has 0 fully saturated rings. The van der Waals surface area contributed by atoms with Crippen molar-refractivity contribution in [3.63, 3.8) is 0 Å². The van der Waals surface area contributed by atoms with Crippen LogP contribution in [0.3, 0.4) is 0 Å². The summed E-state index contributed by atoms with van der Waals surface area (Å²) in [5.74, 6) is 1.42. The van der Waals surface area contributed by atoms with E-state index in [-0.39, 0.29) is 11.6 Å². The van der Waals surface area contributed by atoms with Gasteiger partial charge < -0.3 is 18.9 Å². The van der Waals surface area contributed by atoms with Gasteiger partial charge in [0.2, 0.25) is 0 Å². The number of aromatic nitrogens is 1. The van der Waals surface area contributed by atoms with Gasteiger partial charge in [-0.25, -0.2) is 0 Å². The molecule has 1 aromatic heterocycles. The van der Waals surface area contributed by atoms with E-state index in [1.165, 1.54) is 0 Å². The van der Waals surface area contributed by atoms with Crippen molar-refractivity contribution >= 4 is 17.5 Å². The molecule has 1 amide bonds. The first-order chi connectivity index (χ1) is 13.0. The summed E-state index contributed by atoms with van der Waals surface area (Å²) >= 11 is 5.89. The fourth-order valence-corrected chi connectivity index (χ4v) is 2.77. The molecule has 0 spiro atoms. The van der Waals surface area contributed by atoms with Gasteiger partial charge in [-0.3, -0.25) is 4.79 Å². The predicted octanol–water partition coefficient (Wildman–Crippen LogP) is 4.28. The zero-order valence-electron chi connectivity index (χ0n) is 15.2. The van der Waals surface area contributed by atoms with Crippen LogP contribution in [-0.2, 0) is 6.54 Å². The SMILES string of the molecule is COc1ccc(OC)c(-c2cc(C(=O)N(C)Cc3ccc(Cl)cc3)no2)c1. The minimum Gasteiger partial charge on any atom is -0.497 e. The van der Waals surface area contributed by atoms with Crippen LogP contribution in [0.25, 0.3) is 11.3 Å². The molecular weight excluding hydrogens is 368 g/mol.